The summed E-state index contributed by atoms with van der Waals surface area (Å²) in [5, 5.41) is 5.01. The molecule has 0 saturated heterocycles. The minimum absolute atomic E-state index is 0.240. The van der Waals surface area contributed by atoms with Crippen molar-refractivity contribution in [3.05, 3.63) is 128 Å². The Morgan fingerprint density at radius 1 is 0.943 bits per heavy atom. The number of benzene rings is 4. The number of aromatic nitrogens is 2. The number of hydrogen-bond donors (Lipinski definition) is 0. The van der Waals surface area contributed by atoms with E-state index >= 15 is 0 Å². The van der Waals surface area contributed by atoms with Gasteiger partial charge in [0, 0.05) is 5.56 Å². The van der Waals surface area contributed by atoms with Crippen LogP contribution in [0, 0.1) is 9.39 Å². The summed E-state index contributed by atoms with van der Waals surface area (Å²) in [5.41, 5.74) is 2.73. The lowest BCUT2D eigenvalue weighted by Crippen LogP contribution is -2.20. The predicted molar refractivity (Wildman–Crippen MR) is 144 cm³/mol. The third kappa shape index (κ3) is 5.14. The molecule has 0 unspecified atom stereocenters. The van der Waals surface area contributed by atoms with Gasteiger partial charge in [0.05, 0.1) is 20.7 Å². The summed E-state index contributed by atoms with van der Waals surface area (Å²) in [6, 6.07) is 28.7. The first-order chi connectivity index (χ1) is 17.1. The first-order valence-corrected chi connectivity index (χ1v) is 11.9. The highest BCUT2D eigenvalue weighted by atomic mass is 127. The van der Waals surface area contributed by atoms with Crippen LogP contribution >= 0.6 is 22.6 Å². The number of ether oxygens (including phenoxy) is 1. The van der Waals surface area contributed by atoms with Crippen LogP contribution in [0.5, 0.6) is 5.75 Å². The van der Waals surface area contributed by atoms with Gasteiger partial charge in [0.2, 0.25) is 0 Å². The van der Waals surface area contributed by atoms with Crippen LogP contribution in [0.3, 0.4) is 0 Å². The van der Waals surface area contributed by atoms with Crippen molar-refractivity contribution in [2.45, 2.75) is 6.61 Å². The Balaban J connectivity index is 1.46. The molecule has 4 aromatic carbocycles. The van der Waals surface area contributed by atoms with E-state index in [1.54, 1.807) is 18.3 Å². The average Bonchev–Trinajstić information content (AvgIpc) is 2.88. The van der Waals surface area contributed by atoms with Crippen molar-refractivity contribution in [3.8, 4) is 17.1 Å². The molecule has 0 fully saturated rings. The lowest BCUT2D eigenvalue weighted by Gasteiger charge is -2.10. The summed E-state index contributed by atoms with van der Waals surface area (Å²) < 4.78 is 21.5. The van der Waals surface area contributed by atoms with E-state index in [4.69, 9.17) is 9.72 Å². The minimum Gasteiger partial charge on any atom is -0.488 e. The fourth-order valence-electron chi connectivity index (χ4n) is 3.63. The number of halogens is 2. The molecule has 5 rings (SSSR count). The molecule has 0 aliphatic rings. The van der Waals surface area contributed by atoms with Crippen LogP contribution in [0.25, 0.3) is 22.3 Å². The fraction of sp³-hybridized carbons (Fsp3) is 0.0357. The molecule has 0 saturated carbocycles. The second-order valence-electron chi connectivity index (χ2n) is 7.79. The van der Waals surface area contributed by atoms with E-state index in [1.807, 2.05) is 72.8 Å². The second-order valence-corrected chi connectivity index (χ2v) is 8.95. The quantitative estimate of drug-likeness (QED) is 0.177. The van der Waals surface area contributed by atoms with Crippen molar-refractivity contribution >= 4 is 39.7 Å². The zero-order valence-corrected chi connectivity index (χ0v) is 20.6. The molecule has 35 heavy (non-hydrogen) atoms. The highest BCUT2D eigenvalue weighted by molar-refractivity contribution is 14.1. The lowest BCUT2D eigenvalue weighted by molar-refractivity contribution is 0.303. The van der Waals surface area contributed by atoms with E-state index in [0.717, 1.165) is 20.3 Å². The molecule has 172 valence electrons. The first-order valence-electron chi connectivity index (χ1n) is 10.9. The number of fused-ring (bicyclic) bond motifs is 1. The Hall–Kier alpha value is -3.85. The molecule has 0 atom stereocenters. The van der Waals surface area contributed by atoms with Gasteiger partial charge >= 0.3 is 0 Å². The summed E-state index contributed by atoms with van der Waals surface area (Å²) >= 11 is 2.18. The lowest BCUT2D eigenvalue weighted by atomic mass is 10.2. The summed E-state index contributed by atoms with van der Waals surface area (Å²) in [7, 11) is 0. The van der Waals surface area contributed by atoms with E-state index < -0.39 is 0 Å². The summed E-state index contributed by atoms with van der Waals surface area (Å²) in [6.07, 6.45) is 1.63. The second kappa shape index (κ2) is 10.2. The Kier molecular flexibility index (Phi) is 6.67. The molecular formula is C28H19FIN3O2. The van der Waals surface area contributed by atoms with Crippen LogP contribution in [-0.2, 0) is 6.61 Å². The van der Waals surface area contributed by atoms with Crippen molar-refractivity contribution in [2.24, 2.45) is 5.10 Å². The van der Waals surface area contributed by atoms with E-state index in [1.165, 1.54) is 16.8 Å². The third-order valence-corrected chi connectivity index (χ3v) is 6.19. The average molecular weight is 575 g/mol. The van der Waals surface area contributed by atoms with Gasteiger partial charge in [-0.1, -0.05) is 54.6 Å². The molecule has 1 heterocycles. The topological polar surface area (TPSA) is 56.5 Å². The molecule has 0 spiro atoms. The SMILES string of the molecule is O=c1c2ccccc2nc(-c2ccccc2)n1N=Cc1ccc(OCc2cccc(F)c2)c(I)c1. The van der Waals surface area contributed by atoms with Crippen molar-refractivity contribution in [1.82, 2.24) is 9.66 Å². The Morgan fingerprint density at radius 3 is 2.54 bits per heavy atom. The molecule has 0 N–H and O–H groups in total. The van der Waals surface area contributed by atoms with Gasteiger partial charge in [-0.25, -0.2) is 9.37 Å². The maximum atomic E-state index is 13.4. The van der Waals surface area contributed by atoms with E-state index in [2.05, 4.69) is 27.7 Å². The summed E-state index contributed by atoms with van der Waals surface area (Å²) in [5.74, 6) is 0.859. The Bertz CT molecular complexity index is 1600. The van der Waals surface area contributed by atoms with Crippen molar-refractivity contribution in [3.63, 3.8) is 0 Å². The molecule has 0 aliphatic carbocycles. The normalized spacial score (nSPS) is 11.3. The summed E-state index contributed by atoms with van der Waals surface area (Å²) in [4.78, 5) is 18.0. The molecule has 1 aromatic heterocycles. The zero-order valence-electron chi connectivity index (χ0n) is 18.4. The molecular weight excluding hydrogens is 556 g/mol. The van der Waals surface area contributed by atoms with Crippen LogP contribution in [0.4, 0.5) is 4.39 Å². The van der Waals surface area contributed by atoms with Crippen LogP contribution < -0.4 is 10.3 Å². The van der Waals surface area contributed by atoms with E-state index in [-0.39, 0.29) is 18.0 Å². The molecule has 0 aliphatic heterocycles. The maximum Gasteiger partial charge on any atom is 0.282 e. The van der Waals surface area contributed by atoms with Gasteiger partial charge < -0.3 is 4.74 Å². The van der Waals surface area contributed by atoms with Gasteiger partial charge in [-0.3, -0.25) is 4.79 Å². The smallest absolute Gasteiger partial charge is 0.282 e. The molecule has 5 nitrogen and oxygen atoms in total. The molecule has 5 aromatic rings. The number of nitrogens with zero attached hydrogens (tertiary/aromatic N) is 3. The number of para-hydroxylation sites is 1. The van der Waals surface area contributed by atoms with E-state index in [0.29, 0.717) is 22.5 Å². The standard InChI is InChI=1S/C28H19FIN3O2/c29-22-10-6-7-20(15-22)18-35-26-14-13-19(16-24(26)30)17-31-33-27(21-8-2-1-3-9-21)32-25-12-5-4-11-23(25)28(33)34/h1-17H,18H2. The van der Waals surface area contributed by atoms with Crippen LogP contribution in [-0.4, -0.2) is 15.9 Å². The summed E-state index contributed by atoms with van der Waals surface area (Å²) in [6.45, 7) is 0.264. The zero-order chi connectivity index (χ0) is 24.2. The number of rotatable bonds is 6. The van der Waals surface area contributed by atoms with Gasteiger partial charge in [0.1, 0.15) is 18.2 Å². The van der Waals surface area contributed by atoms with Gasteiger partial charge in [-0.2, -0.15) is 9.78 Å². The largest absolute Gasteiger partial charge is 0.488 e. The monoisotopic (exact) mass is 575 g/mol. The highest BCUT2D eigenvalue weighted by Crippen LogP contribution is 2.23. The van der Waals surface area contributed by atoms with Gasteiger partial charge in [-0.15, -0.1) is 0 Å². The van der Waals surface area contributed by atoms with Gasteiger partial charge in [-0.05, 0) is 76.2 Å². The van der Waals surface area contributed by atoms with Gasteiger partial charge in [0.15, 0.2) is 5.82 Å². The van der Waals surface area contributed by atoms with Crippen molar-refractivity contribution < 1.29 is 9.13 Å². The van der Waals surface area contributed by atoms with Crippen LogP contribution in [0.1, 0.15) is 11.1 Å². The molecule has 0 radical (unpaired) electrons. The van der Waals surface area contributed by atoms with Crippen LogP contribution in [0.2, 0.25) is 0 Å². The fourth-order valence-corrected chi connectivity index (χ4v) is 4.33. The molecule has 7 heteroatoms. The predicted octanol–water partition coefficient (Wildman–Crippen LogP) is 6.27. The first kappa shape index (κ1) is 22.9. The number of hydrogen-bond acceptors (Lipinski definition) is 4. The third-order valence-electron chi connectivity index (χ3n) is 5.35. The maximum absolute atomic E-state index is 13.4. The van der Waals surface area contributed by atoms with Crippen LogP contribution in [0.15, 0.2) is 107 Å². The Labute approximate surface area is 214 Å². The van der Waals surface area contributed by atoms with Gasteiger partial charge in [0.25, 0.3) is 5.56 Å². The van der Waals surface area contributed by atoms with Crippen molar-refractivity contribution in [2.75, 3.05) is 0 Å². The molecule has 0 amide bonds. The van der Waals surface area contributed by atoms with E-state index in [9.17, 15) is 9.18 Å². The molecule has 0 bridgehead atoms. The minimum atomic E-state index is -0.291. The highest BCUT2D eigenvalue weighted by Gasteiger charge is 2.12. The Morgan fingerprint density at radius 2 is 1.74 bits per heavy atom. The van der Waals surface area contributed by atoms with Crippen molar-refractivity contribution in [1.29, 1.82) is 0 Å².